The zero-order valence-electron chi connectivity index (χ0n) is 10.2. The number of hydrogen-bond donors (Lipinski definition) is 1. The molecule has 2 heterocycles. The fourth-order valence-corrected chi connectivity index (χ4v) is 1.99. The van der Waals surface area contributed by atoms with Crippen molar-refractivity contribution < 1.29 is 9.47 Å². The fourth-order valence-electron chi connectivity index (χ4n) is 1.99. The van der Waals surface area contributed by atoms with Crippen LogP contribution in [0.2, 0.25) is 0 Å². The molecule has 94 valence electrons. The van der Waals surface area contributed by atoms with E-state index in [1.165, 1.54) is 0 Å². The normalized spacial score (nSPS) is 19.9. The van der Waals surface area contributed by atoms with E-state index in [9.17, 15) is 0 Å². The van der Waals surface area contributed by atoms with Crippen LogP contribution in [-0.4, -0.2) is 43.4 Å². The standard InChI is InChI=1S/C11H18N4O2/c1-16-7-10-13-9(12)5-11(14-10)15-4-3-8(6-15)17-2/h5,8H,3-4,6-7H2,1-2H3,(H2,12,13,14). The highest BCUT2D eigenvalue weighted by atomic mass is 16.5. The quantitative estimate of drug-likeness (QED) is 0.820. The Kier molecular flexibility index (Phi) is 3.75. The van der Waals surface area contributed by atoms with Crippen molar-refractivity contribution in [1.29, 1.82) is 0 Å². The first-order valence-corrected chi connectivity index (χ1v) is 5.63. The lowest BCUT2D eigenvalue weighted by molar-refractivity contribution is 0.121. The molecule has 6 nitrogen and oxygen atoms in total. The van der Waals surface area contributed by atoms with Gasteiger partial charge in [0, 0.05) is 33.4 Å². The van der Waals surface area contributed by atoms with Gasteiger partial charge in [-0.05, 0) is 6.42 Å². The third-order valence-electron chi connectivity index (χ3n) is 2.85. The van der Waals surface area contributed by atoms with E-state index in [2.05, 4.69) is 14.9 Å². The highest BCUT2D eigenvalue weighted by molar-refractivity contribution is 5.47. The smallest absolute Gasteiger partial charge is 0.158 e. The Morgan fingerprint density at radius 2 is 2.29 bits per heavy atom. The minimum absolute atomic E-state index is 0.275. The highest BCUT2D eigenvalue weighted by Gasteiger charge is 2.23. The second kappa shape index (κ2) is 5.29. The molecular formula is C11H18N4O2. The number of rotatable bonds is 4. The van der Waals surface area contributed by atoms with Crippen molar-refractivity contribution in [3.05, 3.63) is 11.9 Å². The Labute approximate surface area is 101 Å². The van der Waals surface area contributed by atoms with Gasteiger partial charge in [-0.15, -0.1) is 0 Å². The van der Waals surface area contributed by atoms with Crippen molar-refractivity contribution in [2.24, 2.45) is 0 Å². The summed E-state index contributed by atoms with van der Waals surface area (Å²) in [6.45, 7) is 2.15. The molecule has 0 saturated carbocycles. The van der Waals surface area contributed by atoms with Gasteiger partial charge in [-0.3, -0.25) is 0 Å². The largest absolute Gasteiger partial charge is 0.384 e. The summed E-state index contributed by atoms with van der Waals surface area (Å²) in [6, 6.07) is 1.79. The van der Waals surface area contributed by atoms with Crippen molar-refractivity contribution >= 4 is 11.6 Å². The van der Waals surface area contributed by atoms with Crippen LogP contribution < -0.4 is 10.6 Å². The van der Waals surface area contributed by atoms with E-state index in [4.69, 9.17) is 15.2 Å². The summed E-state index contributed by atoms with van der Waals surface area (Å²) in [5.74, 6) is 1.94. The lowest BCUT2D eigenvalue weighted by atomic mass is 10.3. The number of nitrogens with two attached hydrogens (primary N) is 1. The van der Waals surface area contributed by atoms with E-state index in [1.54, 1.807) is 20.3 Å². The van der Waals surface area contributed by atoms with Gasteiger partial charge in [0.25, 0.3) is 0 Å². The summed E-state index contributed by atoms with van der Waals surface area (Å²) in [5, 5.41) is 0. The second-order valence-electron chi connectivity index (χ2n) is 4.09. The van der Waals surface area contributed by atoms with E-state index in [0.29, 0.717) is 18.2 Å². The SMILES string of the molecule is COCc1nc(N)cc(N2CCC(OC)C2)n1. The number of aromatic nitrogens is 2. The average molecular weight is 238 g/mol. The summed E-state index contributed by atoms with van der Waals surface area (Å²) < 4.78 is 10.3. The maximum Gasteiger partial charge on any atom is 0.158 e. The molecule has 1 aliphatic heterocycles. The van der Waals surface area contributed by atoms with Gasteiger partial charge in [0.1, 0.15) is 18.2 Å². The lowest BCUT2D eigenvalue weighted by Crippen LogP contribution is -2.24. The Balaban J connectivity index is 2.15. The topological polar surface area (TPSA) is 73.5 Å². The number of nitrogens with zero attached hydrogens (tertiary/aromatic N) is 3. The lowest BCUT2D eigenvalue weighted by Gasteiger charge is -2.18. The Bertz CT molecular complexity index is 386. The highest BCUT2D eigenvalue weighted by Crippen LogP contribution is 2.21. The Hall–Kier alpha value is -1.40. The van der Waals surface area contributed by atoms with Gasteiger partial charge in [-0.25, -0.2) is 9.97 Å². The maximum atomic E-state index is 5.76. The molecular weight excluding hydrogens is 220 g/mol. The van der Waals surface area contributed by atoms with Crippen LogP contribution in [0, 0.1) is 0 Å². The van der Waals surface area contributed by atoms with Crippen LogP contribution in [0.25, 0.3) is 0 Å². The van der Waals surface area contributed by atoms with Gasteiger partial charge in [0.15, 0.2) is 5.82 Å². The molecule has 1 fully saturated rings. The van der Waals surface area contributed by atoms with Gasteiger partial charge in [0.05, 0.1) is 6.10 Å². The number of nitrogen functional groups attached to an aromatic ring is 1. The molecule has 2 rings (SSSR count). The number of anilines is 2. The first-order valence-electron chi connectivity index (χ1n) is 5.63. The zero-order valence-corrected chi connectivity index (χ0v) is 10.2. The molecule has 0 spiro atoms. The summed E-state index contributed by atoms with van der Waals surface area (Å²) in [4.78, 5) is 10.7. The molecule has 2 N–H and O–H groups in total. The third-order valence-corrected chi connectivity index (χ3v) is 2.85. The van der Waals surface area contributed by atoms with Gasteiger partial charge < -0.3 is 20.1 Å². The van der Waals surface area contributed by atoms with E-state index in [-0.39, 0.29) is 6.10 Å². The first-order chi connectivity index (χ1) is 8.22. The van der Waals surface area contributed by atoms with Crippen molar-refractivity contribution in [3.8, 4) is 0 Å². The van der Waals surface area contributed by atoms with Crippen LogP contribution in [0.15, 0.2) is 6.07 Å². The first kappa shape index (κ1) is 12.1. The van der Waals surface area contributed by atoms with Crippen molar-refractivity contribution in [2.75, 3.05) is 37.9 Å². The Morgan fingerprint density at radius 1 is 1.47 bits per heavy atom. The molecule has 1 aliphatic rings. The van der Waals surface area contributed by atoms with Crippen molar-refractivity contribution in [1.82, 2.24) is 9.97 Å². The molecule has 1 saturated heterocycles. The Morgan fingerprint density at radius 3 is 2.94 bits per heavy atom. The number of ether oxygens (including phenoxy) is 2. The number of hydrogen-bond acceptors (Lipinski definition) is 6. The van der Waals surface area contributed by atoms with Crippen LogP contribution >= 0.6 is 0 Å². The molecule has 17 heavy (non-hydrogen) atoms. The van der Waals surface area contributed by atoms with E-state index >= 15 is 0 Å². The molecule has 1 aromatic rings. The van der Waals surface area contributed by atoms with E-state index < -0.39 is 0 Å². The molecule has 0 bridgehead atoms. The monoisotopic (exact) mass is 238 g/mol. The van der Waals surface area contributed by atoms with Gasteiger partial charge in [0.2, 0.25) is 0 Å². The van der Waals surface area contributed by atoms with E-state index in [0.717, 1.165) is 25.3 Å². The molecule has 0 aliphatic carbocycles. The number of methoxy groups -OCH3 is 2. The summed E-state index contributed by atoms with van der Waals surface area (Å²) in [7, 11) is 3.35. The predicted molar refractivity (Wildman–Crippen MR) is 64.8 cm³/mol. The van der Waals surface area contributed by atoms with Crippen LogP contribution in [0.5, 0.6) is 0 Å². The predicted octanol–water partition coefficient (Wildman–Crippen LogP) is 0.430. The second-order valence-corrected chi connectivity index (χ2v) is 4.09. The summed E-state index contributed by atoms with van der Waals surface area (Å²) in [5.41, 5.74) is 5.76. The van der Waals surface area contributed by atoms with Gasteiger partial charge in [-0.1, -0.05) is 0 Å². The fraction of sp³-hybridized carbons (Fsp3) is 0.636. The van der Waals surface area contributed by atoms with Crippen LogP contribution in [-0.2, 0) is 16.1 Å². The summed E-state index contributed by atoms with van der Waals surface area (Å²) in [6.07, 6.45) is 1.29. The van der Waals surface area contributed by atoms with Gasteiger partial charge in [-0.2, -0.15) is 0 Å². The summed E-state index contributed by atoms with van der Waals surface area (Å²) >= 11 is 0. The minimum Gasteiger partial charge on any atom is -0.384 e. The average Bonchev–Trinajstić information content (AvgIpc) is 2.77. The van der Waals surface area contributed by atoms with E-state index in [1.807, 2.05) is 0 Å². The minimum atomic E-state index is 0.275. The molecule has 0 amide bonds. The molecule has 6 heteroatoms. The zero-order chi connectivity index (χ0) is 12.3. The maximum absolute atomic E-state index is 5.76. The van der Waals surface area contributed by atoms with Crippen molar-refractivity contribution in [2.45, 2.75) is 19.1 Å². The van der Waals surface area contributed by atoms with Crippen LogP contribution in [0.4, 0.5) is 11.6 Å². The molecule has 0 aromatic carbocycles. The molecule has 1 aromatic heterocycles. The molecule has 0 radical (unpaired) electrons. The molecule has 1 atom stereocenters. The van der Waals surface area contributed by atoms with Gasteiger partial charge >= 0.3 is 0 Å². The molecule has 1 unspecified atom stereocenters. The van der Waals surface area contributed by atoms with Crippen LogP contribution in [0.3, 0.4) is 0 Å². The van der Waals surface area contributed by atoms with Crippen LogP contribution in [0.1, 0.15) is 12.2 Å². The third kappa shape index (κ3) is 2.83. The van der Waals surface area contributed by atoms with Crippen molar-refractivity contribution in [3.63, 3.8) is 0 Å².